The van der Waals surface area contributed by atoms with E-state index in [0.717, 1.165) is 12.1 Å². The molecule has 0 amide bonds. The van der Waals surface area contributed by atoms with E-state index >= 15 is 0 Å². The molecule has 0 spiro atoms. The second-order valence-electron chi connectivity index (χ2n) is 4.46. The molecule has 0 aromatic heterocycles. The maximum atomic E-state index is 14.2. The van der Waals surface area contributed by atoms with Gasteiger partial charge in [-0.3, -0.25) is 0 Å². The molecule has 0 saturated carbocycles. The van der Waals surface area contributed by atoms with Crippen LogP contribution in [-0.2, 0) is 4.74 Å². The van der Waals surface area contributed by atoms with Crippen LogP contribution in [0.4, 0.5) is 10.1 Å². The fourth-order valence-corrected chi connectivity index (χ4v) is 2.12. The highest BCUT2D eigenvalue weighted by Gasteiger charge is 2.17. The van der Waals surface area contributed by atoms with Gasteiger partial charge < -0.3 is 15.0 Å². The molecule has 0 saturated heterocycles. The molecule has 1 atom stereocenters. The number of nitrogens with zero attached hydrogens (tertiary/aromatic N) is 1. The summed E-state index contributed by atoms with van der Waals surface area (Å²) in [6.07, 6.45) is 0. The fourth-order valence-electron chi connectivity index (χ4n) is 2.12. The molecule has 1 rings (SSSR count). The number of rotatable bonds is 8. The zero-order chi connectivity index (χ0) is 14.3. The number of hydrogen-bond acceptors (Lipinski definition) is 3. The number of para-hydroxylation sites is 1. The summed E-state index contributed by atoms with van der Waals surface area (Å²) in [5.74, 6) is -0.169. The second-order valence-corrected chi connectivity index (χ2v) is 4.46. The van der Waals surface area contributed by atoms with Crippen molar-refractivity contribution in [1.82, 2.24) is 5.32 Å². The second kappa shape index (κ2) is 8.12. The summed E-state index contributed by atoms with van der Waals surface area (Å²) in [6.45, 7) is 8.81. The summed E-state index contributed by atoms with van der Waals surface area (Å²) >= 11 is 0. The number of anilines is 1. The standard InChI is InChI=1S/C15H25FN2O/c1-5-18(10-11-19-6-2)15-13(12(3)17-4)8-7-9-14(15)16/h7-9,12,17H,5-6,10-11H2,1-4H3. The van der Waals surface area contributed by atoms with E-state index in [9.17, 15) is 4.39 Å². The first-order valence-electron chi connectivity index (χ1n) is 6.94. The molecule has 1 aromatic rings. The van der Waals surface area contributed by atoms with Crippen LogP contribution >= 0.6 is 0 Å². The maximum Gasteiger partial charge on any atom is 0.146 e. The van der Waals surface area contributed by atoms with Gasteiger partial charge in [0.25, 0.3) is 0 Å². The van der Waals surface area contributed by atoms with E-state index in [1.165, 1.54) is 6.07 Å². The Labute approximate surface area is 115 Å². The molecule has 4 heteroatoms. The van der Waals surface area contributed by atoms with E-state index in [0.29, 0.717) is 25.4 Å². The van der Waals surface area contributed by atoms with Crippen molar-refractivity contribution in [2.45, 2.75) is 26.8 Å². The predicted molar refractivity (Wildman–Crippen MR) is 78.3 cm³/mol. The van der Waals surface area contributed by atoms with E-state index in [4.69, 9.17) is 4.74 Å². The average molecular weight is 268 g/mol. The Morgan fingerprint density at radius 3 is 2.68 bits per heavy atom. The first kappa shape index (κ1) is 15.9. The fraction of sp³-hybridized carbons (Fsp3) is 0.600. The van der Waals surface area contributed by atoms with Crippen LogP contribution in [0.5, 0.6) is 0 Å². The summed E-state index contributed by atoms with van der Waals surface area (Å²) in [5.41, 5.74) is 1.67. The molecule has 0 aliphatic heterocycles. The van der Waals surface area contributed by atoms with E-state index in [1.807, 2.05) is 38.8 Å². The Bertz CT molecular complexity index is 384. The minimum atomic E-state index is -0.169. The summed E-state index contributed by atoms with van der Waals surface area (Å²) in [7, 11) is 1.88. The number of nitrogens with one attached hydrogen (secondary N) is 1. The lowest BCUT2D eigenvalue weighted by Gasteiger charge is -2.28. The zero-order valence-corrected chi connectivity index (χ0v) is 12.4. The van der Waals surface area contributed by atoms with Crippen LogP contribution in [0, 0.1) is 5.82 Å². The SMILES string of the molecule is CCOCCN(CC)c1c(F)cccc1C(C)NC. The molecule has 0 heterocycles. The van der Waals surface area contributed by atoms with Gasteiger partial charge in [0.05, 0.1) is 12.3 Å². The molecular weight excluding hydrogens is 243 g/mol. The number of likely N-dealkylation sites (N-methyl/N-ethyl adjacent to an activating group) is 1. The quantitative estimate of drug-likeness (QED) is 0.734. The Balaban J connectivity index is 3.00. The van der Waals surface area contributed by atoms with Crippen molar-refractivity contribution in [2.75, 3.05) is 38.3 Å². The van der Waals surface area contributed by atoms with Gasteiger partial charge >= 0.3 is 0 Å². The Morgan fingerprint density at radius 1 is 1.37 bits per heavy atom. The van der Waals surface area contributed by atoms with Gasteiger partial charge in [-0.25, -0.2) is 4.39 Å². The van der Waals surface area contributed by atoms with Crippen molar-refractivity contribution < 1.29 is 9.13 Å². The normalized spacial score (nSPS) is 12.5. The molecular formula is C15H25FN2O. The van der Waals surface area contributed by atoms with Gasteiger partial charge in [-0.2, -0.15) is 0 Å². The third kappa shape index (κ3) is 4.18. The first-order chi connectivity index (χ1) is 9.15. The molecule has 1 N–H and O–H groups in total. The van der Waals surface area contributed by atoms with Crippen LogP contribution in [-0.4, -0.2) is 33.4 Å². The lowest BCUT2D eigenvalue weighted by atomic mass is 10.0. The topological polar surface area (TPSA) is 24.5 Å². The number of halogens is 1. The third-order valence-corrected chi connectivity index (χ3v) is 3.33. The van der Waals surface area contributed by atoms with Crippen LogP contribution in [0.25, 0.3) is 0 Å². The van der Waals surface area contributed by atoms with Crippen LogP contribution in [0.15, 0.2) is 18.2 Å². The summed E-state index contributed by atoms with van der Waals surface area (Å²) in [5, 5.41) is 3.17. The smallest absolute Gasteiger partial charge is 0.146 e. The van der Waals surface area contributed by atoms with Gasteiger partial charge in [0.15, 0.2) is 0 Å². The van der Waals surface area contributed by atoms with Crippen LogP contribution in [0.2, 0.25) is 0 Å². The number of hydrogen-bond donors (Lipinski definition) is 1. The van der Waals surface area contributed by atoms with Gasteiger partial charge in [-0.05, 0) is 39.4 Å². The van der Waals surface area contributed by atoms with E-state index in [1.54, 1.807) is 6.07 Å². The molecule has 0 radical (unpaired) electrons. The van der Waals surface area contributed by atoms with Crippen molar-refractivity contribution in [1.29, 1.82) is 0 Å². The van der Waals surface area contributed by atoms with Crippen LogP contribution in [0.1, 0.15) is 32.4 Å². The highest BCUT2D eigenvalue weighted by Crippen LogP contribution is 2.29. The molecule has 3 nitrogen and oxygen atoms in total. The highest BCUT2D eigenvalue weighted by atomic mass is 19.1. The molecule has 1 aromatic carbocycles. The molecule has 0 aliphatic carbocycles. The molecule has 1 unspecified atom stereocenters. The molecule has 0 aliphatic rings. The Morgan fingerprint density at radius 2 is 2.11 bits per heavy atom. The minimum Gasteiger partial charge on any atom is -0.380 e. The predicted octanol–water partition coefficient (Wildman–Crippen LogP) is 2.97. The van der Waals surface area contributed by atoms with Gasteiger partial charge in [0.2, 0.25) is 0 Å². The van der Waals surface area contributed by atoms with Crippen molar-refractivity contribution in [3.05, 3.63) is 29.6 Å². The third-order valence-electron chi connectivity index (χ3n) is 3.33. The maximum absolute atomic E-state index is 14.2. The van der Waals surface area contributed by atoms with Gasteiger partial charge in [-0.1, -0.05) is 12.1 Å². The average Bonchev–Trinajstić information content (AvgIpc) is 2.43. The highest BCUT2D eigenvalue weighted by molar-refractivity contribution is 5.56. The lowest BCUT2D eigenvalue weighted by molar-refractivity contribution is 0.154. The Hall–Kier alpha value is -1.13. The molecule has 0 bridgehead atoms. The molecule has 0 fully saturated rings. The summed E-state index contributed by atoms with van der Waals surface area (Å²) in [4.78, 5) is 2.04. The summed E-state index contributed by atoms with van der Waals surface area (Å²) < 4.78 is 19.6. The van der Waals surface area contributed by atoms with Gasteiger partial charge in [-0.15, -0.1) is 0 Å². The van der Waals surface area contributed by atoms with Gasteiger partial charge in [0, 0.05) is 25.7 Å². The van der Waals surface area contributed by atoms with Crippen molar-refractivity contribution in [3.8, 4) is 0 Å². The summed E-state index contributed by atoms with van der Waals surface area (Å²) in [6, 6.07) is 5.37. The lowest BCUT2D eigenvalue weighted by Crippen LogP contribution is -2.30. The molecule has 108 valence electrons. The van der Waals surface area contributed by atoms with E-state index in [2.05, 4.69) is 5.32 Å². The van der Waals surface area contributed by atoms with Crippen LogP contribution in [0.3, 0.4) is 0 Å². The van der Waals surface area contributed by atoms with E-state index < -0.39 is 0 Å². The number of benzene rings is 1. The van der Waals surface area contributed by atoms with Crippen molar-refractivity contribution in [3.63, 3.8) is 0 Å². The van der Waals surface area contributed by atoms with Crippen molar-refractivity contribution in [2.24, 2.45) is 0 Å². The monoisotopic (exact) mass is 268 g/mol. The van der Waals surface area contributed by atoms with Crippen molar-refractivity contribution >= 4 is 5.69 Å². The molecule has 19 heavy (non-hydrogen) atoms. The van der Waals surface area contributed by atoms with Crippen LogP contribution < -0.4 is 10.2 Å². The number of ether oxygens (including phenoxy) is 1. The minimum absolute atomic E-state index is 0.117. The van der Waals surface area contributed by atoms with E-state index in [-0.39, 0.29) is 11.9 Å². The first-order valence-corrected chi connectivity index (χ1v) is 6.94. The zero-order valence-electron chi connectivity index (χ0n) is 12.4. The largest absolute Gasteiger partial charge is 0.380 e. The van der Waals surface area contributed by atoms with Gasteiger partial charge in [0.1, 0.15) is 5.82 Å². The Kier molecular flexibility index (Phi) is 6.81.